The lowest BCUT2D eigenvalue weighted by molar-refractivity contribution is 0.153. The Hall–Kier alpha value is -0.900. The molecule has 2 N–H and O–H groups in total. The molecule has 3 nitrogen and oxygen atoms in total. The van der Waals surface area contributed by atoms with E-state index in [1.807, 2.05) is 0 Å². The molecule has 1 aliphatic rings. The van der Waals surface area contributed by atoms with Gasteiger partial charge in [-0.15, -0.1) is 0 Å². The van der Waals surface area contributed by atoms with E-state index in [1.54, 1.807) is 0 Å². The molecule has 0 heterocycles. The van der Waals surface area contributed by atoms with Gasteiger partial charge in [-0.05, 0) is 56.2 Å². The maximum absolute atomic E-state index is 9.11. The molecule has 0 spiro atoms. The van der Waals surface area contributed by atoms with Crippen molar-refractivity contribution in [2.45, 2.75) is 44.6 Å². The SMILES string of the molecule is OCCCCN(CCCO)C1CCCc2ccccc21. The lowest BCUT2D eigenvalue weighted by Crippen LogP contribution is -2.33. The molecule has 0 amide bonds. The van der Waals surface area contributed by atoms with E-state index in [0.29, 0.717) is 6.04 Å². The Kier molecular flexibility index (Phi) is 6.51. The van der Waals surface area contributed by atoms with Crippen molar-refractivity contribution >= 4 is 0 Å². The van der Waals surface area contributed by atoms with Gasteiger partial charge in [-0.3, -0.25) is 4.90 Å². The Balaban J connectivity index is 2.07. The number of rotatable bonds is 8. The number of aryl methyl sites for hydroxylation is 1. The van der Waals surface area contributed by atoms with Crippen LogP contribution in [0.2, 0.25) is 0 Å². The third kappa shape index (κ3) is 4.05. The van der Waals surface area contributed by atoms with Crippen LogP contribution in [0.4, 0.5) is 0 Å². The van der Waals surface area contributed by atoms with Gasteiger partial charge in [-0.25, -0.2) is 0 Å². The molecule has 0 aliphatic heterocycles. The Morgan fingerprint density at radius 1 is 1.00 bits per heavy atom. The first-order valence-electron chi connectivity index (χ1n) is 7.90. The van der Waals surface area contributed by atoms with Crippen molar-refractivity contribution in [3.05, 3.63) is 35.4 Å². The molecule has 0 aromatic heterocycles. The monoisotopic (exact) mass is 277 g/mol. The molecule has 1 aromatic rings. The number of fused-ring (bicyclic) bond motifs is 1. The fourth-order valence-corrected chi connectivity index (χ4v) is 3.23. The molecule has 0 bridgehead atoms. The fraction of sp³-hybridized carbons (Fsp3) is 0.647. The summed E-state index contributed by atoms with van der Waals surface area (Å²) in [5.41, 5.74) is 2.96. The minimum Gasteiger partial charge on any atom is -0.396 e. The van der Waals surface area contributed by atoms with Crippen molar-refractivity contribution in [2.75, 3.05) is 26.3 Å². The van der Waals surface area contributed by atoms with Crippen LogP contribution in [0.3, 0.4) is 0 Å². The van der Waals surface area contributed by atoms with Crippen LogP contribution in [0.15, 0.2) is 24.3 Å². The van der Waals surface area contributed by atoms with Gasteiger partial charge in [-0.2, -0.15) is 0 Å². The van der Waals surface area contributed by atoms with Gasteiger partial charge in [0.1, 0.15) is 0 Å². The highest BCUT2D eigenvalue weighted by molar-refractivity contribution is 5.32. The molecule has 2 rings (SSSR count). The van der Waals surface area contributed by atoms with Crippen LogP contribution >= 0.6 is 0 Å². The first kappa shape index (κ1) is 15.5. The van der Waals surface area contributed by atoms with Crippen LogP contribution < -0.4 is 0 Å². The van der Waals surface area contributed by atoms with Gasteiger partial charge in [0.25, 0.3) is 0 Å². The number of benzene rings is 1. The van der Waals surface area contributed by atoms with Gasteiger partial charge in [0.05, 0.1) is 0 Å². The molecule has 0 radical (unpaired) electrons. The summed E-state index contributed by atoms with van der Waals surface area (Å²) in [5, 5.41) is 18.1. The summed E-state index contributed by atoms with van der Waals surface area (Å²) in [4.78, 5) is 2.50. The van der Waals surface area contributed by atoms with Crippen molar-refractivity contribution < 1.29 is 10.2 Å². The average Bonchev–Trinajstić information content (AvgIpc) is 2.50. The molecule has 0 fully saturated rings. The van der Waals surface area contributed by atoms with E-state index in [9.17, 15) is 0 Å². The largest absolute Gasteiger partial charge is 0.396 e. The van der Waals surface area contributed by atoms with E-state index in [4.69, 9.17) is 10.2 Å². The average molecular weight is 277 g/mol. The zero-order valence-corrected chi connectivity index (χ0v) is 12.3. The summed E-state index contributed by atoms with van der Waals surface area (Å²) in [7, 11) is 0. The Morgan fingerprint density at radius 2 is 1.75 bits per heavy atom. The molecular weight excluding hydrogens is 250 g/mol. The van der Waals surface area contributed by atoms with Gasteiger partial charge in [0, 0.05) is 25.8 Å². The number of nitrogens with zero attached hydrogens (tertiary/aromatic N) is 1. The van der Waals surface area contributed by atoms with Gasteiger partial charge >= 0.3 is 0 Å². The topological polar surface area (TPSA) is 43.7 Å². The van der Waals surface area contributed by atoms with E-state index >= 15 is 0 Å². The van der Waals surface area contributed by atoms with E-state index in [1.165, 1.54) is 30.4 Å². The third-order valence-electron chi connectivity index (χ3n) is 4.24. The van der Waals surface area contributed by atoms with Gasteiger partial charge < -0.3 is 10.2 Å². The zero-order valence-electron chi connectivity index (χ0n) is 12.3. The summed E-state index contributed by atoms with van der Waals surface area (Å²) in [6.45, 7) is 2.49. The van der Waals surface area contributed by atoms with E-state index in [2.05, 4.69) is 29.2 Å². The van der Waals surface area contributed by atoms with Crippen molar-refractivity contribution in [3.63, 3.8) is 0 Å². The summed E-state index contributed by atoms with van der Waals surface area (Å²) in [6, 6.07) is 9.27. The molecule has 1 atom stereocenters. The molecule has 0 saturated carbocycles. The van der Waals surface area contributed by atoms with Crippen LogP contribution in [-0.2, 0) is 6.42 Å². The maximum atomic E-state index is 9.11. The van der Waals surface area contributed by atoms with Crippen molar-refractivity contribution in [1.82, 2.24) is 4.90 Å². The Bertz CT molecular complexity index is 394. The first-order chi connectivity index (χ1) is 9.86. The molecular formula is C17H27NO2. The standard InChI is InChI=1S/C17H27NO2/c19-13-4-3-11-18(12-6-14-20)17-10-5-8-15-7-1-2-9-16(15)17/h1-2,7,9,17,19-20H,3-6,8,10-14H2. The fourth-order valence-electron chi connectivity index (χ4n) is 3.23. The summed E-state index contributed by atoms with van der Waals surface area (Å²) in [6.07, 6.45) is 6.37. The lowest BCUT2D eigenvalue weighted by atomic mass is 9.86. The summed E-state index contributed by atoms with van der Waals surface area (Å²) in [5.74, 6) is 0. The Morgan fingerprint density at radius 3 is 2.55 bits per heavy atom. The second-order valence-electron chi connectivity index (χ2n) is 5.65. The van der Waals surface area contributed by atoms with Crippen LogP contribution in [0.25, 0.3) is 0 Å². The maximum Gasteiger partial charge on any atom is 0.0443 e. The number of hydrogen-bond donors (Lipinski definition) is 2. The molecule has 3 heteroatoms. The predicted molar refractivity (Wildman–Crippen MR) is 81.7 cm³/mol. The quantitative estimate of drug-likeness (QED) is 0.718. The Labute approximate surface area is 122 Å². The summed E-state index contributed by atoms with van der Waals surface area (Å²) >= 11 is 0. The molecule has 1 aromatic carbocycles. The second-order valence-corrected chi connectivity index (χ2v) is 5.65. The normalized spacial score (nSPS) is 18.2. The van der Waals surface area contributed by atoms with Gasteiger partial charge in [0.2, 0.25) is 0 Å². The highest BCUT2D eigenvalue weighted by atomic mass is 16.3. The van der Waals surface area contributed by atoms with Crippen LogP contribution in [0.1, 0.15) is 49.3 Å². The highest BCUT2D eigenvalue weighted by Crippen LogP contribution is 2.34. The van der Waals surface area contributed by atoms with Crippen molar-refractivity contribution in [3.8, 4) is 0 Å². The molecule has 1 unspecified atom stereocenters. The number of aliphatic hydroxyl groups excluding tert-OH is 2. The number of hydrogen-bond acceptors (Lipinski definition) is 3. The molecule has 1 aliphatic carbocycles. The van der Waals surface area contributed by atoms with Crippen molar-refractivity contribution in [1.29, 1.82) is 0 Å². The first-order valence-corrected chi connectivity index (χ1v) is 7.90. The lowest BCUT2D eigenvalue weighted by Gasteiger charge is -2.36. The number of unbranched alkanes of at least 4 members (excludes halogenated alkanes) is 1. The van der Waals surface area contributed by atoms with E-state index in [0.717, 1.165) is 32.4 Å². The highest BCUT2D eigenvalue weighted by Gasteiger charge is 2.24. The smallest absolute Gasteiger partial charge is 0.0443 e. The van der Waals surface area contributed by atoms with Crippen molar-refractivity contribution in [2.24, 2.45) is 0 Å². The zero-order chi connectivity index (χ0) is 14.2. The molecule has 20 heavy (non-hydrogen) atoms. The van der Waals surface area contributed by atoms with Crippen LogP contribution in [0, 0.1) is 0 Å². The van der Waals surface area contributed by atoms with E-state index in [-0.39, 0.29) is 13.2 Å². The molecule has 112 valence electrons. The minimum absolute atomic E-state index is 0.255. The summed E-state index contributed by atoms with van der Waals surface area (Å²) < 4.78 is 0. The van der Waals surface area contributed by atoms with Crippen LogP contribution in [0.5, 0.6) is 0 Å². The molecule has 0 saturated heterocycles. The number of aliphatic hydroxyl groups is 2. The predicted octanol–water partition coefficient (Wildman–Crippen LogP) is 2.52. The van der Waals surface area contributed by atoms with Gasteiger partial charge in [-0.1, -0.05) is 24.3 Å². The van der Waals surface area contributed by atoms with Crippen LogP contribution in [-0.4, -0.2) is 41.4 Å². The van der Waals surface area contributed by atoms with E-state index < -0.39 is 0 Å². The second kappa shape index (κ2) is 8.40. The van der Waals surface area contributed by atoms with Gasteiger partial charge in [0.15, 0.2) is 0 Å². The minimum atomic E-state index is 0.255. The third-order valence-corrected chi connectivity index (χ3v) is 4.24.